The van der Waals surface area contributed by atoms with Crippen LogP contribution in [0.25, 0.3) is 0 Å². The molecule has 6 nitrogen and oxygen atoms in total. The largest absolute Gasteiger partial charge is 0.465 e. The molecule has 0 radical (unpaired) electrons. The lowest BCUT2D eigenvalue weighted by Gasteiger charge is -2.21. The summed E-state index contributed by atoms with van der Waals surface area (Å²) in [5.41, 5.74) is 1.03. The minimum absolute atomic E-state index is 0.0284. The zero-order chi connectivity index (χ0) is 14.8. The lowest BCUT2D eigenvalue weighted by molar-refractivity contribution is -0.138. The molecular formula is C15H15NO5. The molecule has 0 N–H and O–H groups in total. The summed E-state index contributed by atoms with van der Waals surface area (Å²) < 4.78 is 9.79. The Hall–Kier alpha value is -2.37. The SMILES string of the molecule is O=C1C[C@H](C(=O)N2C(=O)OC[C@H]2Cc2ccccc2)CO1. The maximum absolute atomic E-state index is 12.4. The molecule has 6 heteroatoms. The van der Waals surface area contributed by atoms with Gasteiger partial charge in [0, 0.05) is 0 Å². The van der Waals surface area contributed by atoms with Crippen LogP contribution in [0.5, 0.6) is 0 Å². The number of benzene rings is 1. The normalized spacial score (nSPS) is 24.9. The molecule has 0 unspecified atom stereocenters. The molecule has 2 aliphatic rings. The van der Waals surface area contributed by atoms with Gasteiger partial charge in [-0.2, -0.15) is 0 Å². The Kier molecular flexibility index (Phi) is 3.60. The molecule has 2 atom stereocenters. The summed E-state index contributed by atoms with van der Waals surface area (Å²) >= 11 is 0. The van der Waals surface area contributed by atoms with Gasteiger partial charge in [-0.05, 0) is 12.0 Å². The van der Waals surface area contributed by atoms with Crippen LogP contribution >= 0.6 is 0 Å². The predicted molar refractivity (Wildman–Crippen MR) is 71.2 cm³/mol. The summed E-state index contributed by atoms with van der Waals surface area (Å²) in [6, 6.07) is 9.26. The van der Waals surface area contributed by atoms with Gasteiger partial charge in [0.15, 0.2) is 0 Å². The van der Waals surface area contributed by atoms with Crippen LogP contribution in [0.15, 0.2) is 30.3 Å². The van der Waals surface area contributed by atoms with E-state index in [1.165, 1.54) is 0 Å². The van der Waals surface area contributed by atoms with E-state index in [1.54, 1.807) is 0 Å². The highest BCUT2D eigenvalue weighted by atomic mass is 16.6. The molecule has 1 aromatic carbocycles. The van der Waals surface area contributed by atoms with Crippen LogP contribution in [0.1, 0.15) is 12.0 Å². The van der Waals surface area contributed by atoms with Gasteiger partial charge < -0.3 is 9.47 Å². The quantitative estimate of drug-likeness (QED) is 0.780. The van der Waals surface area contributed by atoms with Gasteiger partial charge in [-0.3, -0.25) is 9.59 Å². The molecule has 110 valence electrons. The van der Waals surface area contributed by atoms with Crippen LogP contribution in [-0.4, -0.2) is 42.1 Å². The molecule has 0 aliphatic carbocycles. The summed E-state index contributed by atoms with van der Waals surface area (Å²) in [7, 11) is 0. The van der Waals surface area contributed by atoms with Crippen LogP contribution < -0.4 is 0 Å². The Morgan fingerprint density at radius 1 is 1.14 bits per heavy atom. The molecule has 2 amide bonds. The molecule has 2 fully saturated rings. The van der Waals surface area contributed by atoms with Crippen molar-refractivity contribution >= 4 is 18.0 Å². The number of amides is 2. The highest BCUT2D eigenvalue weighted by Gasteiger charge is 2.43. The Balaban J connectivity index is 1.73. The third kappa shape index (κ3) is 2.74. The van der Waals surface area contributed by atoms with Crippen LogP contribution in [0, 0.1) is 5.92 Å². The number of carbonyl (C=O) groups excluding carboxylic acids is 3. The average Bonchev–Trinajstić information content (AvgIpc) is 3.06. The highest BCUT2D eigenvalue weighted by molar-refractivity contribution is 5.97. The number of nitrogens with zero attached hydrogens (tertiary/aromatic N) is 1. The van der Waals surface area contributed by atoms with Gasteiger partial charge in [0.05, 0.1) is 18.4 Å². The maximum atomic E-state index is 12.4. The molecule has 1 aromatic rings. The minimum Gasteiger partial charge on any atom is -0.465 e. The van der Waals surface area contributed by atoms with Crippen molar-refractivity contribution in [2.75, 3.05) is 13.2 Å². The number of ether oxygens (including phenoxy) is 2. The minimum atomic E-state index is -0.639. The second kappa shape index (κ2) is 5.55. The Bertz CT molecular complexity index is 571. The lowest BCUT2D eigenvalue weighted by atomic mass is 10.0. The van der Waals surface area contributed by atoms with Gasteiger partial charge in [0.2, 0.25) is 5.91 Å². The summed E-state index contributed by atoms with van der Waals surface area (Å²) in [5, 5.41) is 0. The number of hydrogen-bond donors (Lipinski definition) is 0. The van der Waals surface area contributed by atoms with Crippen LogP contribution in [0.3, 0.4) is 0 Å². The van der Waals surface area contributed by atoms with E-state index in [9.17, 15) is 14.4 Å². The number of imide groups is 1. The number of hydrogen-bond acceptors (Lipinski definition) is 5. The highest BCUT2D eigenvalue weighted by Crippen LogP contribution is 2.23. The van der Waals surface area contributed by atoms with E-state index in [0.717, 1.165) is 10.5 Å². The van der Waals surface area contributed by atoms with Crippen molar-refractivity contribution < 1.29 is 23.9 Å². The standard InChI is InChI=1S/C15H15NO5/c17-13-7-11(8-20-13)14(18)16-12(9-21-15(16)19)6-10-4-2-1-3-5-10/h1-5,11-12H,6-9H2/t11-,12+/m0/s1. The fourth-order valence-corrected chi connectivity index (χ4v) is 2.63. The van der Waals surface area contributed by atoms with E-state index in [2.05, 4.69) is 0 Å². The lowest BCUT2D eigenvalue weighted by Crippen LogP contribution is -2.43. The molecule has 3 rings (SSSR count). The van der Waals surface area contributed by atoms with Gasteiger partial charge in [0.1, 0.15) is 13.2 Å². The molecule has 2 saturated heterocycles. The Morgan fingerprint density at radius 2 is 1.90 bits per heavy atom. The van der Waals surface area contributed by atoms with Gasteiger partial charge in [-0.15, -0.1) is 0 Å². The van der Waals surface area contributed by atoms with Gasteiger partial charge >= 0.3 is 12.1 Å². The van der Waals surface area contributed by atoms with Crippen molar-refractivity contribution in [1.29, 1.82) is 0 Å². The average molecular weight is 289 g/mol. The molecule has 0 spiro atoms. The maximum Gasteiger partial charge on any atom is 0.416 e. The summed E-state index contributed by atoms with van der Waals surface area (Å²) in [4.78, 5) is 36.5. The molecule has 21 heavy (non-hydrogen) atoms. The smallest absolute Gasteiger partial charge is 0.416 e. The molecule has 0 saturated carbocycles. The van der Waals surface area contributed by atoms with Crippen LogP contribution in [-0.2, 0) is 25.5 Å². The van der Waals surface area contributed by atoms with Crippen LogP contribution in [0.2, 0.25) is 0 Å². The number of esters is 1. The van der Waals surface area contributed by atoms with Crippen LogP contribution in [0.4, 0.5) is 4.79 Å². The van der Waals surface area contributed by atoms with Crippen molar-refractivity contribution in [3.05, 3.63) is 35.9 Å². The third-order valence-corrected chi connectivity index (χ3v) is 3.72. The second-order valence-corrected chi connectivity index (χ2v) is 5.21. The Morgan fingerprint density at radius 3 is 2.57 bits per heavy atom. The van der Waals surface area contributed by atoms with Crippen molar-refractivity contribution in [2.24, 2.45) is 5.92 Å². The number of cyclic esters (lactones) is 2. The van der Waals surface area contributed by atoms with Crippen molar-refractivity contribution in [3.8, 4) is 0 Å². The zero-order valence-corrected chi connectivity index (χ0v) is 11.4. The number of rotatable bonds is 3. The molecule has 0 aromatic heterocycles. The molecular weight excluding hydrogens is 274 g/mol. The molecule has 0 bridgehead atoms. The topological polar surface area (TPSA) is 72.9 Å². The summed E-state index contributed by atoms with van der Waals surface area (Å²) in [6.45, 7) is 0.223. The van der Waals surface area contributed by atoms with E-state index in [4.69, 9.17) is 9.47 Å². The van der Waals surface area contributed by atoms with Gasteiger partial charge in [-0.25, -0.2) is 9.69 Å². The van der Waals surface area contributed by atoms with E-state index in [-0.39, 0.29) is 31.6 Å². The third-order valence-electron chi connectivity index (χ3n) is 3.72. The van der Waals surface area contributed by atoms with Crippen molar-refractivity contribution in [3.63, 3.8) is 0 Å². The Labute approximate surface area is 121 Å². The first kappa shape index (κ1) is 13.6. The monoisotopic (exact) mass is 289 g/mol. The summed E-state index contributed by atoms with van der Waals surface area (Å²) in [6.07, 6.45) is -0.0687. The first-order valence-electron chi connectivity index (χ1n) is 6.84. The number of carbonyl (C=O) groups is 3. The summed E-state index contributed by atoms with van der Waals surface area (Å²) in [5.74, 6) is -1.37. The first-order valence-corrected chi connectivity index (χ1v) is 6.84. The van der Waals surface area contributed by atoms with Gasteiger partial charge in [0.25, 0.3) is 0 Å². The second-order valence-electron chi connectivity index (χ2n) is 5.21. The van der Waals surface area contributed by atoms with E-state index < -0.39 is 18.0 Å². The first-order chi connectivity index (χ1) is 10.1. The molecule has 2 aliphatic heterocycles. The van der Waals surface area contributed by atoms with Gasteiger partial charge in [-0.1, -0.05) is 30.3 Å². The van der Waals surface area contributed by atoms with E-state index in [1.807, 2.05) is 30.3 Å². The fourth-order valence-electron chi connectivity index (χ4n) is 2.63. The molecule has 2 heterocycles. The van der Waals surface area contributed by atoms with E-state index in [0.29, 0.717) is 6.42 Å². The fraction of sp³-hybridized carbons (Fsp3) is 0.400. The zero-order valence-electron chi connectivity index (χ0n) is 11.4. The van der Waals surface area contributed by atoms with Crippen molar-refractivity contribution in [1.82, 2.24) is 4.90 Å². The van der Waals surface area contributed by atoms with Crippen molar-refractivity contribution in [2.45, 2.75) is 18.9 Å². The predicted octanol–water partition coefficient (Wildman–Crippen LogP) is 1.14. The van der Waals surface area contributed by atoms with E-state index >= 15 is 0 Å².